The number of rotatable bonds is 6. The highest BCUT2D eigenvalue weighted by Crippen LogP contribution is 2.36. The van der Waals surface area contributed by atoms with Crippen LogP contribution < -0.4 is 5.32 Å². The normalized spacial score (nSPS) is 18.4. The molecule has 2 heteroatoms. The molecule has 1 atom stereocenters. The molecule has 0 aromatic heterocycles. The van der Waals surface area contributed by atoms with Crippen molar-refractivity contribution in [2.75, 3.05) is 13.1 Å². The molecule has 1 N–H and O–H groups in total. The Morgan fingerprint density at radius 3 is 2.30 bits per heavy atom. The molecule has 1 aromatic carbocycles. The van der Waals surface area contributed by atoms with E-state index in [0.717, 1.165) is 24.9 Å². The Morgan fingerprint density at radius 1 is 1.05 bits per heavy atom. The number of benzene rings is 1. The number of nitrogens with one attached hydrogen (secondary N) is 1. The molecule has 1 saturated carbocycles. The zero-order valence-corrected chi connectivity index (χ0v) is 14.5. The molecule has 20 heavy (non-hydrogen) atoms. The van der Waals surface area contributed by atoms with Gasteiger partial charge < -0.3 is 5.32 Å². The van der Waals surface area contributed by atoms with E-state index in [4.69, 9.17) is 0 Å². The Balaban J connectivity index is 2.04. The van der Waals surface area contributed by atoms with Crippen molar-refractivity contribution in [3.8, 4) is 0 Å². The van der Waals surface area contributed by atoms with E-state index in [1.165, 1.54) is 42.1 Å². The molecular formula is C18H28BrN. The molecule has 2 rings (SSSR count). The quantitative estimate of drug-likeness (QED) is 0.736. The zero-order valence-electron chi connectivity index (χ0n) is 12.9. The maximum Gasteiger partial charge on any atom is 0.0175 e. The van der Waals surface area contributed by atoms with E-state index in [2.05, 4.69) is 59.4 Å². The van der Waals surface area contributed by atoms with E-state index in [0.29, 0.717) is 5.92 Å². The molecule has 1 unspecified atom stereocenters. The molecule has 0 bridgehead atoms. The smallest absolute Gasteiger partial charge is 0.0175 e. The molecule has 0 amide bonds. The molecule has 0 spiro atoms. The summed E-state index contributed by atoms with van der Waals surface area (Å²) >= 11 is 3.55. The van der Waals surface area contributed by atoms with Crippen molar-refractivity contribution in [3.05, 3.63) is 34.3 Å². The summed E-state index contributed by atoms with van der Waals surface area (Å²) in [6.07, 6.45) is 7.08. The summed E-state index contributed by atoms with van der Waals surface area (Å²) in [5.74, 6) is 2.28. The Hall–Kier alpha value is -0.340. The maximum atomic E-state index is 3.68. The fourth-order valence-corrected chi connectivity index (χ4v) is 3.60. The minimum atomic E-state index is 0.683. The van der Waals surface area contributed by atoms with Crippen LogP contribution in [0.3, 0.4) is 0 Å². The second-order valence-corrected chi connectivity index (χ2v) is 7.52. The first-order valence-corrected chi connectivity index (χ1v) is 8.92. The fraction of sp³-hybridized carbons (Fsp3) is 0.667. The molecule has 1 aliphatic rings. The van der Waals surface area contributed by atoms with Gasteiger partial charge in [-0.15, -0.1) is 0 Å². The van der Waals surface area contributed by atoms with Crippen molar-refractivity contribution in [1.29, 1.82) is 0 Å². The summed E-state index contributed by atoms with van der Waals surface area (Å²) in [6.45, 7) is 6.81. The minimum absolute atomic E-state index is 0.683. The van der Waals surface area contributed by atoms with Crippen LogP contribution in [0.2, 0.25) is 0 Å². The third-order valence-corrected chi connectivity index (χ3v) is 4.96. The van der Waals surface area contributed by atoms with Crippen LogP contribution in [-0.4, -0.2) is 13.1 Å². The van der Waals surface area contributed by atoms with Gasteiger partial charge in [0, 0.05) is 11.0 Å². The average Bonchev–Trinajstić information content (AvgIpc) is 2.46. The predicted octanol–water partition coefficient (Wildman–Crippen LogP) is 5.36. The van der Waals surface area contributed by atoms with Gasteiger partial charge in [0.1, 0.15) is 0 Å². The van der Waals surface area contributed by atoms with E-state index < -0.39 is 0 Å². The second-order valence-electron chi connectivity index (χ2n) is 6.61. The highest BCUT2D eigenvalue weighted by Gasteiger charge is 2.24. The lowest BCUT2D eigenvalue weighted by atomic mass is 9.76. The third kappa shape index (κ3) is 4.89. The lowest BCUT2D eigenvalue weighted by molar-refractivity contribution is 0.295. The predicted molar refractivity (Wildman–Crippen MR) is 91.2 cm³/mol. The second kappa shape index (κ2) is 8.19. The largest absolute Gasteiger partial charge is 0.316 e. The summed E-state index contributed by atoms with van der Waals surface area (Å²) in [4.78, 5) is 0. The topological polar surface area (TPSA) is 12.0 Å². The van der Waals surface area contributed by atoms with E-state index in [-0.39, 0.29) is 0 Å². The van der Waals surface area contributed by atoms with E-state index in [1.54, 1.807) is 0 Å². The van der Waals surface area contributed by atoms with Crippen molar-refractivity contribution in [1.82, 2.24) is 5.32 Å². The number of hydrogen-bond acceptors (Lipinski definition) is 1. The monoisotopic (exact) mass is 337 g/mol. The van der Waals surface area contributed by atoms with Gasteiger partial charge in [-0.2, -0.15) is 0 Å². The van der Waals surface area contributed by atoms with Crippen LogP contribution in [0.1, 0.15) is 57.4 Å². The van der Waals surface area contributed by atoms with Crippen molar-refractivity contribution < 1.29 is 0 Å². The van der Waals surface area contributed by atoms with Gasteiger partial charge in [0.25, 0.3) is 0 Å². The van der Waals surface area contributed by atoms with Crippen molar-refractivity contribution in [2.24, 2.45) is 11.8 Å². The minimum Gasteiger partial charge on any atom is -0.316 e. The van der Waals surface area contributed by atoms with E-state index in [1.807, 2.05) is 0 Å². The molecule has 1 aromatic rings. The van der Waals surface area contributed by atoms with Crippen molar-refractivity contribution >= 4 is 15.9 Å². The Bertz CT molecular complexity index is 379. The Labute approximate surface area is 132 Å². The zero-order chi connectivity index (χ0) is 14.4. The first-order valence-electron chi connectivity index (χ1n) is 8.13. The SMILES string of the molecule is CC(C)CNCC(c1ccc(Br)cc1)C1CCCCC1. The lowest BCUT2D eigenvalue weighted by Gasteiger charge is -2.31. The number of hydrogen-bond donors (Lipinski definition) is 1. The van der Waals surface area contributed by atoms with Crippen LogP contribution in [0.25, 0.3) is 0 Å². The summed E-state index contributed by atoms with van der Waals surface area (Å²) in [5.41, 5.74) is 1.51. The Morgan fingerprint density at radius 2 is 1.70 bits per heavy atom. The van der Waals surface area contributed by atoms with Gasteiger partial charge in [0.2, 0.25) is 0 Å². The highest BCUT2D eigenvalue weighted by molar-refractivity contribution is 9.10. The summed E-state index contributed by atoms with van der Waals surface area (Å²) in [5, 5.41) is 3.68. The maximum absolute atomic E-state index is 3.68. The molecular weight excluding hydrogens is 310 g/mol. The van der Waals surface area contributed by atoms with Crippen molar-refractivity contribution in [3.63, 3.8) is 0 Å². The van der Waals surface area contributed by atoms with Crippen LogP contribution in [-0.2, 0) is 0 Å². The molecule has 0 radical (unpaired) electrons. The summed E-state index contributed by atoms with van der Waals surface area (Å²) < 4.78 is 1.18. The average molecular weight is 338 g/mol. The van der Waals surface area contributed by atoms with Gasteiger partial charge in [-0.3, -0.25) is 0 Å². The van der Waals surface area contributed by atoms with Gasteiger partial charge in [0.05, 0.1) is 0 Å². The number of halogens is 1. The van der Waals surface area contributed by atoms with Crippen LogP contribution in [0.4, 0.5) is 0 Å². The molecule has 1 fully saturated rings. The van der Waals surface area contributed by atoms with Crippen LogP contribution >= 0.6 is 15.9 Å². The third-order valence-electron chi connectivity index (χ3n) is 4.43. The molecule has 1 nitrogen and oxygen atoms in total. The van der Waals surface area contributed by atoms with Gasteiger partial charge >= 0.3 is 0 Å². The van der Waals surface area contributed by atoms with Crippen LogP contribution in [0.5, 0.6) is 0 Å². The molecule has 0 aliphatic heterocycles. The van der Waals surface area contributed by atoms with Gasteiger partial charge in [-0.1, -0.05) is 61.2 Å². The van der Waals surface area contributed by atoms with Crippen molar-refractivity contribution in [2.45, 2.75) is 51.9 Å². The van der Waals surface area contributed by atoms with Gasteiger partial charge in [-0.25, -0.2) is 0 Å². The van der Waals surface area contributed by atoms with E-state index in [9.17, 15) is 0 Å². The molecule has 1 aliphatic carbocycles. The lowest BCUT2D eigenvalue weighted by Crippen LogP contribution is -2.30. The van der Waals surface area contributed by atoms with Gasteiger partial charge in [0.15, 0.2) is 0 Å². The summed E-state index contributed by atoms with van der Waals surface area (Å²) in [6, 6.07) is 8.99. The summed E-state index contributed by atoms with van der Waals surface area (Å²) in [7, 11) is 0. The standard InChI is InChI=1S/C18H28BrN/c1-14(2)12-20-13-18(15-6-4-3-5-7-15)16-8-10-17(19)11-9-16/h8-11,14-15,18,20H,3-7,12-13H2,1-2H3. The van der Waals surface area contributed by atoms with Crippen LogP contribution in [0.15, 0.2) is 28.7 Å². The fourth-order valence-electron chi connectivity index (χ4n) is 3.33. The molecule has 0 saturated heterocycles. The van der Waals surface area contributed by atoms with Gasteiger partial charge in [-0.05, 0) is 54.8 Å². The first kappa shape index (κ1) is 16.0. The Kier molecular flexibility index (Phi) is 6.57. The van der Waals surface area contributed by atoms with Crippen LogP contribution in [0, 0.1) is 11.8 Å². The molecule has 112 valence electrons. The van der Waals surface area contributed by atoms with E-state index >= 15 is 0 Å². The molecule has 0 heterocycles. The first-order chi connectivity index (χ1) is 9.66. The highest BCUT2D eigenvalue weighted by atomic mass is 79.9.